The molecule has 1 aromatic heterocycles. The van der Waals surface area contributed by atoms with E-state index in [0.29, 0.717) is 12.1 Å². The summed E-state index contributed by atoms with van der Waals surface area (Å²) in [6.45, 7) is 0.419. The third-order valence-electron chi connectivity index (χ3n) is 1.33. The Labute approximate surface area is 70.2 Å². The van der Waals surface area contributed by atoms with E-state index in [1.165, 1.54) is 6.20 Å². The number of hydrogen-bond acceptors (Lipinski definition) is 4. The van der Waals surface area contributed by atoms with Crippen LogP contribution in [0.1, 0.15) is 5.56 Å². The van der Waals surface area contributed by atoms with Crippen molar-refractivity contribution < 1.29 is 8.42 Å². The van der Waals surface area contributed by atoms with Crippen molar-refractivity contribution in [1.82, 2.24) is 15.5 Å². The monoisotopic (exact) mass is 190 g/mol. The van der Waals surface area contributed by atoms with Crippen LogP contribution in [-0.4, -0.2) is 25.7 Å². The van der Waals surface area contributed by atoms with E-state index >= 15 is 0 Å². The molecule has 0 atom stereocenters. The normalized spacial score (nSPS) is 11.8. The molecule has 12 heavy (non-hydrogen) atoms. The van der Waals surface area contributed by atoms with Gasteiger partial charge in [-0.15, -0.1) is 0 Å². The van der Waals surface area contributed by atoms with Crippen LogP contribution in [0.15, 0.2) is 11.2 Å². The van der Waals surface area contributed by atoms with E-state index in [-0.39, 0.29) is 5.03 Å². The highest BCUT2D eigenvalue weighted by Gasteiger charge is 2.14. The molecule has 0 aliphatic carbocycles. The van der Waals surface area contributed by atoms with Gasteiger partial charge in [-0.2, -0.15) is 5.10 Å². The third kappa shape index (κ3) is 1.81. The molecule has 7 heteroatoms. The van der Waals surface area contributed by atoms with Crippen LogP contribution in [0.4, 0.5) is 0 Å². The molecule has 0 aromatic carbocycles. The smallest absolute Gasteiger partial charge is 0.255 e. The van der Waals surface area contributed by atoms with Crippen LogP contribution in [-0.2, 0) is 16.6 Å². The van der Waals surface area contributed by atoms with Crippen molar-refractivity contribution in [2.75, 3.05) is 7.05 Å². The minimum absolute atomic E-state index is 0.0307. The fourth-order valence-electron chi connectivity index (χ4n) is 0.862. The molecule has 0 aliphatic rings. The van der Waals surface area contributed by atoms with Crippen molar-refractivity contribution in [2.45, 2.75) is 11.6 Å². The second-order valence-electron chi connectivity index (χ2n) is 2.30. The number of aromatic nitrogens is 2. The van der Waals surface area contributed by atoms with Gasteiger partial charge in [0, 0.05) is 12.1 Å². The molecular formula is C5H10N4O2S. The highest BCUT2D eigenvalue weighted by atomic mass is 32.2. The summed E-state index contributed by atoms with van der Waals surface area (Å²) in [5.41, 5.74) is 0.542. The second kappa shape index (κ2) is 3.21. The molecule has 1 aromatic rings. The van der Waals surface area contributed by atoms with Crippen LogP contribution >= 0.6 is 0 Å². The van der Waals surface area contributed by atoms with Crippen LogP contribution in [0.3, 0.4) is 0 Å². The first-order valence-corrected chi connectivity index (χ1v) is 4.80. The van der Waals surface area contributed by atoms with E-state index in [9.17, 15) is 8.42 Å². The molecule has 0 fully saturated rings. The average Bonchev–Trinajstić information content (AvgIpc) is 2.34. The van der Waals surface area contributed by atoms with Gasteiger partial charge < -0.3 is 5.32 Å². The van der Waals surface area contributed by atoms with Gasteiger partial charge >= 0.3 is 0 Å². The van der Waals surface area contributed by atoms with Gasteiger partial charge in [-0.05, 0) is 7.05 Å². The van der Waals surface area contributed by atoms with E-state index in [0.717, 1.165) is 0 Å². The Balaban J connectivity index is 3.08. The molecule has 0 aliphatic heterocycles. The average molecular weight is 190 g/mol. The zero-order valence-electron chi connectivity index (χ0n) is 6.53. The number of primary sulfonamides is 1. The molecule has 0 unspecified atom stereocenters. The number of H-pyrrole nitrogens is 1. The minimum Gasteiger partial charge on any atom is -0.316 e. The SMILES string of the molecule is CNCc1cn[nH]c1S(N)(=O)=O. The van der Waals surface area contributed by atoms with E-state index in [1.807, 2.05) is 0 Å². The quantitative estimate of drug-likeness (QED) is 0.556. The van der Waals surface area contributed by atoms with Crippen molar-refractivity contribution in [2.24, 2.45) is 5.14 Å². The van der Waals surface area contributed by atoms with Crippen LogP contribution < -0.4 is 10.5 Å². The predicted molar refractivity (Wildman–Crippen MR) is 42.7 cm³/mol. The van der Waals surface area contributed by atoms with Crippen LogP contribution in [0, 0.1) is 0 Å². The first-order chi connectivity index (χ1) is 5.55. The number of rotatable bonds is 3. The lowest BCUT2D eigenvalue weighted by molar-refractivity contribution is 0.591. The van der Waals surface area contributed by atoms with E-state index in [1.54, 1.807) is 7.05 Å². The molecule has 4 N–H and O–H groups in total. The molecule has 68 valence electrons. The minimum atomic E-state index is -3.67. The standard InChI is InChI=1S/C5H10N4O2S/c1-7-2-4-3-8-9-5(4)12(6,10)11/h3,7H,2H2,1H3,(H,8,9)(H2,6,10,11). The summed E-state index contributed by atoms with van der Waals surface area (Å²) in [6.07, 6.45) is 1.43. The van der Waals surface area contributed by atoms with Crippen molar-refractivity contribution in [3.63, 3.8) is 0 Å². The van der Waals surface area contributed by atoms with Gasteiger partial charge in [0.25, 0.3) is 10.0 Å². The number of nitrogens with two attached hydrogens (primary N) is 1. The molecule has 1 heterocycles. The van der Waals surface area contributed by atoms with E-state index < -0.39 is 10.0 Å². The predicted octanol–water partition coefficient (Wildman–Crippen LogP) is -1.22. The molecule has 0 saturated heterocycles. The Kier molecular flexibility index (Phi) is 2.46. The summed E-state index contributed by atoms with van der Waals surface area (Å²) in [7, 11) is -1.96. The maximum absolute atomic E-state index is 10.9. The summed E-state index contributed by atoms with van der Waals surface area (Å²) >= 11 is 0. The summed E-state index contributed by atoms with van der Waals surface area (Å²) in [4.78, 5) is 0. The Hall–Kier alpha value is -0.920. The van der Waals surface area contributed by atoms with Crippen LogP contribution in [0.5, 0.6) is 0 Å². The number of nitrogens with zero attached hydrogens (tertiary/aromatic N) is 1. The molecular weight excluding hydrogens is 180 g/mol. The Morgan fingerprint density at radius 1 is 1.75 bits per heavy atom. The number of sulfonamides is 1. The first-order valence-electron chi connectivity index (χ1n) is 3.25. The zero-order valence-corrected chi connectivity index (χ0v) is 7.35. The molecule has 6 nitrogen and oxygen atoms in total. The van der Waals surface area contributed by atoms with Gasteiger partial charge in [-0.3, -0.25) is 5.10 Å². The van der Waals surface area contributed by atoms with Crippen molar-refractivity contribution in [3.05, 3.63) is 11.8 Å². The molecule has 0 amide bonds. The van der Waals surface area contributed by atoms with Crippen molar-refractivity contribution in [1.29, 1.82) is 0 Å². The summed E-state index contributed by atoms with van der Waals surface area (Å²) in [5, 5.41) is 13.6. The Morgan fingerprint density at radius 3 is 2.92 bits per heavy atom. The Bertz CT molecular complexity index is 355. The van der Waals surface area contributed by atoms with Crippen molar-refractivity contribution >= 4 is 10.0 Å². The number of aromatic amines is 1. The van der Waals surface area contributed by atoms with Gasteiger partial charge in [0.05, 0.1) is 6.20 Å². The largest absolute Gasteiger partial charge is 0.316 e. The first kappa shape index (κ1) is 9.17. The van der Waals surface area contributed by atoms with Gasteiger partial charge in [0.15, 0.2) is 5.03 Å². The number of nitrogens with one attached hydrogen (secondary N) is 2. The lowest BCUT2D eigenvalue weighted by atomic mass is 10.4. The highest BCUT2D eigenvalue weighted by Crippen LogP contribution is 2.08. The third-order valence-corrected chi connectivity index (χ3v) is 2.25. The van der Waals surface area contributed by atoms with Gasteiger partial charge in [-0.25, -0.2) is 13.6 Å². The fourth-order valence-corrected chi connectivity index (χ4v) is 1.53. The van der Waals surface area contributed by atoms with Crippen LogP contribution in [0.2, 0.25) is 0 Å². The topological polar surface area (TPSA) is 101 Å². The lowest BCUT2D eigenvalue weighted by Crippen LogP contribution is -2.16. The lowest BCUT2D eigenvalue weighted by Gasteiger charge is -1.98. The second-order valence-corrected chi connectivity index (χ2v) is 3.80. The van der Waals surface area contributed by atoms with Gasteiger partial charge in [0.2, 0.25) is 0 Å². The number of hydrogen-bond donors (Lipinski definition) is 3. The van der Waals surface area contributed by atoms with Gasteiger partial charge in [0.1, 0.15) is 0 Å². The zero-order chi connectivity index (χ0) is 9.19. The molecule has 1 rings (SSSR count). The molecule has 0 radical (unpaired) electrons. The molecule has 0 saturated carbocycles. The molecule has 0 bridgehead atoms. The Morgan fingerprint density at radius 2 is 2.42 bits per heavy atom. The maximum Gasteiger partial charge on any atom is 0.255 e. The summed E-state index contributed by atoms with van der Waals surface area (Å²) < 4.78 is 21.7. The fraction of sp³-hybridized carbons (Fsp3) is 0.400. The molecule has 0 spiro atoms. The summed E-state index contributed by atoms with van der Waals surface area (Å²) in [5.74, 6) is 0. The van der Waals surface area contributed by atoms with E-state index in [4.69, 9.17) is 5.14 Å². The van der Waals surface area contributed by atoms with Crippen molar-refractivity contribution in [3.8, 4) is 0 Å². The summed E-state index contributed by atoms with van der Waals surface area (Å²) in [6, 6.07) is 0. The van der Waals surface area contributed by atoms with E-state index in [2.05, 4.69) is 15.5 Å². The van der Waals surface area contributed by atoms with Crippen LogP contribution in [0.25, 0.3) is 0 Å². The maximum atomic E-state index is 10.9. The van der Waals surface area contributed by atoms with Gasteiger partial charge in [-0.1, -0.05) is 0 Å². The highest BCUT2D eigenvalue weighted by molar-refractivity contribution is 7.89.